The fraction of sp³-hybridized carbons (Fsp3) is 1.00. The Kier molecular flexibility index (Phi) is 9.01. The fourth-order valence-corrected chi connectivity index (χ4v) is 3.37. The molecule has 0 amide bonds. The second-order valence-corrected chi connectivity index (χ2v) is 7.19. The van der Waals surface area contributed by atoms with Crippen molar-refractivity contribution < 1.29 is 0 Å². The van der Waals surface area contributed by atoms with Crippen molar-refractivity contribution in [2.24, 2.45) is 5.92 Å². The molecule has 2 atom stereocenters. The van der Waals surface area contributed by atoms with E-state index < -0.39 is 0 Å². The van der Waals surface area contributed by atoms with Gasteiger partial charge in [-0.15, -0.1) is 0 Å². The van der Waals surface area contributed by atoms with E-state index in [9.17, 15) is 0 Å². The monoisotopic (exact) mass is 284 g/mol. The van der Waals surface area contributed by atoms with Crippen LogP contribution in [0.4, 0.5) is 0 Å². The quantitative estimate of drug-likeness (QED) is 0.692. The van der Waals surface area contributed by atoms with Crippen molar-refractivity contribution >= 4 is 0 Å². The standard InChI is InChI=1S/C9H19N.C7H15N.C2H6/c1-8(2)10-7-5-6-9(10,3)4;1-6-4-5-8(3)7(6)2;1-2/h8H,5-7H2,1-4H3;6-7H,4-5H2,1-3H3;1-2H3. The van der Waals surface area contributed by atoms with Crippen molar-refractivity contribution in [2.45, 2.75) is 92.3 Å². The average molecular weight is 285 g/mol. The van der Waals surface area contributed by atoms with Gasteiger partial charge >= 0.3 is 0 Å². The third-order valence-electron chi connectivity index (χ3n) is 5.04. The van der Waals surface area contributed by atoms with E-state index in [0.717, 1.165) is 18.0 Å². The van der Waals surface area contributed by atoms with Crippen LogP contribution in [0, 0.1) is 5.92 Å². The first-order valence-corrected chi connectivity index (χ1v) is 8.72. The molecule has 0 saturated carbocycles. The van der Waals surface area contributed by atoms with Gasteiger partial charge in [0.2, 0.25) is 0 Å². The molecule has 2 rings (SSSR count). The molecule has 0 radical (unpaired) electrons. The minimum Gasteiger partial charge on any atom is -0.303 e. The largest absolute Gasteiger partial charge is 0.303 e. The highest BCUT2D eigenvalue weighted by molar-refractivity contribution is 4.89. The summed E-state index contributed by atoms with van der Waals surface area (Å²) in [6, 6.07) is 1.53. The third kappa shape index (κ3) is 5.73. The second-order valence-electron chi connectivity index (χ2n) is 7.19. The topological polar surface area (TPSA) is 6.48 Å². The van der Waals surface area contributed by atoms with Crippen LogP contribution in [-0.2, 0) is 0 Å². The summed E-state index contributed by atoms with van der Waals surface area (Å²) < 4.78 is 0. The first-order chi connectivity index (χ1) is 9.25. The third-order valence-corrected chi connectivity index (χ3v) is 5.04. The molecule has 0 spiro atoms. The van der Waals surface area contributed by atoms with Crippen molar-refractivity contribution in [1.82, 2.24) is 9.80 Å². The Balaban J connectivity index is 0.000000327. The lowest BCUT2D eigenvalue weighted by Gasteiger charge is -2.34. The van der Waals surface area contributed by atoms with Crippen LogP contribution in [0.15, 0.2) is 0 Å². The Morgan fingerprint density at radius 1 is 1.05 bits per heavy atom. The lowest BCUT2D eigenvalue weighted by atomic mass is 10.0. The molecule has 2 aliphatic heterocycles. The zero-order valence-corrected chi connectivity index (χ0v) is 15.7. The van der Waals surface area contributed by atoms with Gasteiger partial charge in [-0.3, -0.25) is 4.90 Å². The van der Waals surface area contributed by atoms with Crippen molar-refractivity contribution in [1.29, 1.82) is 0 Å². The molecule has 2 aliphatic rings. The predicted molar refractivity (Wildman–Crippen MR) is 92.4 cm³/mol. The molecular formula is C18H40N2. The summed E-state index contributed by atoms with van der Waals surface area (Å²) in [5.74, 6) is 0.917. The summed E-state index contributed by atoms with van der Waals surface area (Å²) >= 11 is 0. The summed E-state index contributed by atoms with van der Waals surface area (Å²) in [4.78, 5) is 5.01. The maximum Gasteiger partial charge on any atom is 0.0156 e. The number of rotatable bonds is 1. The van der Waals surface area contributed by atoms with Gasteiger partial charge < -0.3 is 4.90 Å². The molecule has 2 heteroatoms. The van der Waals surface area contributed by atoms with Crippen LogP contribution < -0.4 is 0 Å². The van der Waals surface area contributed by atoms with Crippen LogP contribution in [0.2, 0.25) is 0 Å². The molecule has 0 aromatic heterocycles. The van der Waals surface area contributed by atoms with E-state index >= 15 is 0 Å². The van der Waals surface area contributed by atoms with Crippen LogP contribution in [0.5, 0.6) is 0 Å². The Hall–Kier alpha value is -0.0800. The lowest BCUT2D eigenvalue weighted by Crippen LogP contribution is -2.42. The van der Waals surface area contributed by atoms with Gasteiger partial charge in [-0.1, -0.05) is 20.8 Å². The van der Waals surface area contributed by atoms with Crippen LogP contribution in [0.1, 0.15) is 74.7 Å². The molecule has 20 heavy (non-hydrogen) atoms. The lowest BCUT2D eigenvalue weighted by molar-refractivity contribution is 0.135. The molecule has 2 fully saturated rings. The van der Waals surface area contributed by atoms with E-state index in [1.54, 1.807) is 0 Å². The highest BCUT2D eigenvalue weighted by atomic mass is 15.2. The normalized spacial score (nSPS) is 29.7. The molecular weight excluding hydrogens is 244 g/mol. The average Bonchev–Trinajstić information content (AvgIpc) is 2.89. The van der Waals surface area contributed by atoms with Crippen LogP contribution in [0.25, 0.3) is 0 Å². The molecule has 2 nitrogen and oxygen atoms in total. The van der Waals surface area contributed by atoms with E-state index in [1.165, 1.54) is 32.4 Å². The molecule has 122 valence electrons. The predicted octanol–water partition coefficient (Wildman–Crippen LogP) is 4.64. The molecule has 0 aliphatic carbocycles. The van der Waals surface area contributed by atoms with Gasteiger partial charge in [0.15, 0.2) is 0 Å². The van der Waals surface area contributed by atoms with Gasteiger partial charge in [0.05, 0.1) is 0 Å². The summed E-state index contributed by atoms with van der Waals surface area (Å²) in [6.45, 7) is 20.5. The molecule has 0 aromatic carbocycles. The van der Waals surface area contributed by atoms with Crippen LogP contribution in [-0.4, -0.2) is 47.6 Å². The fourth-order valence-electron chi connectivity index (χ4n) is 3.37. The van der Waals surface area contributed by atoms with Crippen molar-refractivity contribution in [3.8, 4) is 0 Å². The number of nitrogens with zero attached hydrogens (tertiary/aromatic N) is 2. The zero-order valence-electron chi connectivity index (χ0n) is 15.7. The smallest absolute Gasteiger partial charge is 0.0156 e. The zero-order chi connectivity index (χ0) is 15.9. The summed E-state index contributed by atoms with van der Waals surface area (Å²) in [7, 11) is 2.20. The molecule has 2 unspecified atom stereocenters. The maximum atomic E-state index is 2.59. The van der Waals surface area contributed by atoms with Gasteiger partial charge in [-0.05, 0) is 79.9 Å². The van der Waals surface area contributed by atoms with Crippen LogP contribution in [0.3, 0.4) is 0 Å². The Labute approximate surface area is 128 Å². The molecule has 0 bridgehead atoms. The van der Waals surface area contributed by atoms with Crippen molar-refractivity contribution in [3.63, 3.8) is 0 Å². The Morgan fingerprint density at radius 2 is 1.60 bits per heavy atom. The van der Waals surface area contributed by atoms with E-state index in [-0.39, 0.29) is 0 Å². The summed E-state index contributed by atoms with van der Waals surface area (Å²) in [5.41, 5.74) is 0.466. The number of hydrogen-bond acceptors (Lipinski definition) is 2. The molecule has 0 aromatic rings. The number of likely N-dealkylation sites (tertiary alicyclic amines) is 2. The van der Waals surface area contributed by atoms with E-state index in [4.69, 9.17) is 0 Å². The van der Waals surface area contributed by atoms with E-state index in [2.05, 4.69) is 58.4 Å². The van der Waals surface area contributed by atoms with Crippen molar-refractivity contribution in [3.05, 3.63) is 0 Å². The van der Waals surface area contributed by atoms with Gasteiger partial charge in [-0.25, -0.2) is 0 Å². The van der Waals surface area contributed by atoms with Gasteiger partial charge in [-0.2, -0.15) is 0 Å². The molecule has 2 saturated heterocycles. The van der Waals surface area contributed by atoms with E-state index in [1.807, 2.05) is 13.8 Å². The minimum atomic E-state index is 0.466. The first kappa shape index (κ1) is 19.9. The van der Waals surface area contributed by atoms with Gasteiger partial charge in [0.25, 0.3) is 0 Å². The number of hydrogen-bond donors (Lipinski definition) is 0. The minimum absolute atomic E-state index is 0.466. The van der Waals surface area contributed by atoms with E-state index in [0.29, 0.717) is 5.54 Å². The highest BCUT2D eigenvalue weighted by Crippen LogP contribution is 2.29. The molecule has 2 heterocycles. The van der Waals surface area contributed by atoms with Gasteiger partial charge in [0.1, 0.15) is 0 Å². The Morgan fingerprint density at radius 3 is 1.75 bits per heavy atom. The van der Waals surface area contributed by atoms with Gasteiger partial charge in [0, 0.05) is 17.6 Å². The SMILES string of the molecule is CC.CC(C)N1CCCC1(C)C.CC1CCN(C)C1C. The second kappa shape index (κ2) is 9.04. The summed E-state index contributed by atoms with van der Waals surface area (Å²) in [5, 5.41) is 0. The maximum absolute atomic E-state index is 2.59. The van der Waals surface area contributed by atoms with Crippen LogP contribution >= 0.6 is 0 Å². The summed E-state index contributed by atoms with van der Waals surface area (Å²) in [6.07, 6.45) is 4.13. The Bertz CT molecular complexity index is 238. The van der Waals surface area contributed by atoms with Crippen molar-refractivity contribution in [2.75, 3.05) is 20.1 Å². The highest BCUT2D eigenvalue weighted by Gasteiger charge is 2.32. The first-order valence-electron chi connectivity index (χ1n) is 8.72. The molecule has 0 N–H and O–H groups in total.